The molecule has 0 aliphatic rings. The summed E-state index contributed by atoms with van der Waals surface area (Å²) in [7, 11) is 1.41. The maximum Gasteiger partial charge on any atom is 0.348 e. The van der Waals surface area contributed by atoms with E-state index in [0.29, 0.717) is 4.88 Å². The summed E-state index contributed by atoms with van der Waals surface area (Å²) in [5.41, 5.74) is 2.22. The Morgan fingerprint density at radius 1 is 1.33 bits per heavy atom. The third-order valence-corrected chi connectivity index (χ3v) is 3.70. The first kappa shape index (κ1) is 10.2. The van der Waals surface area contributed by atoms with Gasteiger partial charge in [-0.05, 0) is 36.4 Å². The molecular formula is C12H12O2S. The molecule has 2 rings (SSSR count). The van der Waals surface area contributed by atoms with E-state index in [1.54, 1.807) is 0 Å². The first-order valence-electron chi connectivity index (χ1n) is 4.71. The van der Waals surface area contributed by atoms with E-state index in [1.807, 2.05) is 13.8 Å². The van der Waals surface area contributed by atoms with Crippen molar-refractivity contribution in [2.45, 2.75) is 13.8 Å². The van der Waals surface area contributed by atoms with Gasteiger partial charge >= 0.3 is 5.97 Å². The van der Waals surface area contributed by atoms with Gasteiger partial charge in [0, 0.05) is 4.70 Å². The Hall–Kier alpha value is -1.35. The molecular weight excluding hydrogens is 208 g/mol. The van der Waals surface area contributed by atoms with Gasteiger partial charge < -0.3 is 4.74 Å². The van der Waals surface area contributed by atoms with Crippen molar-refractivity contribution < 1.29 is 9.53 Å². The van der Waals surface area contributed by atoms with Crippen molar-refractivity contribution >= 4 is 27.4 Å². The minimum atomic E-state index is -0.244. The van der Waals surface area contributed by atoms with E-state index >= 15 is 0 Å². The first-order chi connectivity index (χ1) is 7.13. The Morgan fingerprint density at radius 3 is 2.73 bits per heavy atom. The lowest BCUT2D eigenvalue weighted by atomic mass is 10.1. The third-order valence-electron chi connectivity index (χ3n) is 2.46. The lowest BCUT2D eigenvalue weighted by Gasteiger charge is -1.95. The average Bonchev–Trinajstić information content (AvgIpc) is 2.54. The molecule has 0 N–H and O–H groups in total. The van der Waals surface area contributed by atoms with Crippen molar-refractivity contribution in [3.05, 3.63) is 34.2 Å². The molecule has 0 spiro atoms. The number of fused-ring (bicyclic) bond motifs is 1. The summed E-state index contributed by atoms with van der Waals surface area (Å²) in [5.74, 6) is -0.244. The molecule has 0 saturated carbocycles. The molecule has 3 heteroatoms. The molecule has 1 aromatic carbocycles. The molecule has 0 bridgehead atoms. The average molecular weight is 220 g/mol. The van der Waals surface area contributed by atoms with Crippen LogP contribution >= 0.6 is 11.3 Å². The highest BCUT2D eigenvalue weighted by Crippen LogP contribution is 2.31. The summed E-state index contributed by atoms with van der Waals surface area (Å²) in [6.07, 6.45) is 0. The number of thiophene rings is 1. The molecule has 2 aromatic rings. The Bertz CT molecular complexity index is 526. The maximum atomic E-state index is 11.5. The van der Waals surface area contributed by atoms with Gasteiger partial charge in [-0.2, -0.15) is 0 Å². The number of carbonyl (C=O) groups excluding carboxylic acids is 1. The van der Waals surface area contributed by atoms with Crippen LogP contribution in [-0.4, -0.2) is 13.1 Å². The summed E-state index contributed by atoms with van der Waals surface area (Å²) in [4.78, 5) is 12.2. The number of carbonyl (C=O) groups is 1. The highest BCUT2D eigenvalue weighted by molar-refractivity contribution is 7.21. The summed E-state index contributed by atoms with van der Waals surface area (Å²) >= 11 is 1.50. The Kier molecular flexibility index (Phi) is 2.49. The van der Waals surface area contributed by atoms with Gasteiger partial charge in [-0.1, -0.05) is 12.1 Å². The van der Waals surface area contributed by atoms with Crippen LogP contribution in [0.25, 0.3) is 10.1 Å². The number of aryl methyl sites for hydroxylation is 2. The monoisotopic (exact) mass is 220 g/mol. The van der Waals surface area contributed by atoms with Gasteiger partial charge in [0.15, 0.2) is 0 Å². The molecule has 1 heterocycles. The number of esters is 1. The fraction of sp³-hybridized carbons (Fsp3) is 0.250. The van der Waals surface area contributed by atoms with Crippen molar-refractivity contribution in [3.63, 3.8) is 0 Å². The number of hydrogen-bond acceptors (Lipinski definition) is 3. The number of rotatable bonds is 1. The predicted octanol–water partition coefficient (Wildman–Crippen LogP) is 3.30. The molecule has 0 unspecified atom stereocenters. The zero-order valence-corrected chi connectivity index (χ0v) is 9.77. The predicted molar refractivity (Wildman–Crippen MR) is 62.6 cm³/mol. The van der Waals surface area contributed by atoms with Crippen molar-refractivity contribution in [1.82, 2.24) is 0 Å². The Morgan fingerprint density at radius 2 is 2.07 bits per heavy atom. The number of hydrogen-bond donors (Lipinski definition) is 0. The van der Waals surface area contributed by atoms with Crippen LogP contribution in [0.3, 0.4) is 0 Å². The van der Waals surface area contributed by atoms with Gasteiger partial charge in [-0.15, -0.1) is 11.3 Å². The Balaban J connectivity index is 2.69. The van der Waals surface area contributed by atoms with Crippen LogP contribution in [-0.2, 0) is 4.74 Å². The van der Waals surface area contributed by atoms with Crippen molar-refractivity contribution in [2.75, 3.05) is 7.11 Å². The largest absolute Gasteiger partial charge is 0.465 e. The number of methoxy groups -OCH3 is 1. The van der Waals surface area contributed by atoms with Gasteiger partial charge in [-0.25, -0.2) is 4.79 Å². The summed E-state index contributed by atoms with van der Waals surface area (Å²) in [5, 5.41) is 1.14. The normalized spacial score (nSPS) is 10.6. The molecule has 0 saturated heterocycles. The molecule has 0 aliphatic heterocycles. The van der Waals surface area contributed by atoms with E-state index < -0.39 is 0 Å². The fourth-order valence-electron chi connectivity index (χ4n) is 1.62. The standard InChI is InChI=1S/C12H12O2S/c1-7-4-5-9-8(2)11(12(13)14-3)15-10(9)6-7/h4-6H,1-3H3. The molecule has 78 valence electrons. The van der Waals surface area contributed by atoms with E-state index in [4.69, 9.17) is 4.74 Å². The van der Waals surface area contributed by atoms with Gasteiger partial charge in [0.25, 0.3) is 0 Å². The lowest BCUT2D eigenvalue weighted by Crippen LogP contribution is -1.99. The molecule has 1 aromatic heterocycles. The second-order valence-electron chi connectivity index (χ2n) is 3.55. The zero-order chi connectivity index (χ0) is 11.0. The second-order valence-corrected chi connectivity index (χ2v) is 4.60. The minimum Gasteiger partial charge on any atom is -0.465 e. The van der Waals surface area contributed by atoms with Gasteiger partial charge in [0.05, 0.1) is 7.11 Å². The smallest absolute Gasteiger partial charge is 0.348 e. The van der Waals surface area contributed by atoms with Crippen LogP contribution in [0, 0.1) is 13.8 Å². The summed E-state index contributed by atoms with van der Waals surface area (Å²) in [6, 6.07) is 6.21. The lowest BCUT2D eigenvalue weighted by molar-refractivity contribution is 0.0605. The Labute approximate surface area is 92.5 Å². The molecule has 0 fully saturated rings. The second kappa shape index (κ2) is 3.66. The fourth-order valence-corrected chi connectivity index (χ4v) is 2.85. The molecule has 0 radical (unpaired) electrons. The summed E-state index contributed by atoms with van der Waals surface area (Å²) in [6.45, 7) is 4.01. The van der Waals surface area contributed by atoms with Gasteiger partial charge in [-0.3, -0.25) is 0 Å². The van der Waals surface area contributed by atoms with Crippen LogP contribution in [0.1, 0.15) is 20.8 Å². The van der Waals surface area contributed by atoms with E-state index in [2.05, 4.69) is 18.2 Å². The van der Waals surface area contributed by atoms with E-state index in [1.165, 1.54) is 24.0 Å². The van der Waals surface area contributed by atoms with Gasteiger partial charge in [0.1, 0.15) is 4.88 Å². The topological polar surface area (TPSA) is 26.3 Å². The van der Waals surface area contributed by atoms with Crippen LogP contribution in [0.15, 0.2) is 18.2 Å². The molecule has 2 nitrogen and oxygen atoms in total. The molecule has 0 aliphatic carbocycles. The van der Waals surface area contributed by atoms with E-state index in [-0.39, 0.29) is 5.97 Å². The maximum absolute atomic E-state index is 11.5. The SMILES string of the molecule is COC(=O)c1sc2cc(C)ccc2c1C. The van der Waals surface area contributed by atoms with Crippen LogP contribution in [0.5, 0.6) is 0 Å². The van der Waals surface area contributed by atoms with Crippen LogP contribution < -0.4 is 0 Å². The summed E-state index contributed by atoms with van der Waals surface area (Å²) < 4.78 is 5.89. The number of ether oxygens (including phenoxy) is 1. The van der Waals surface area contributed by atoms with Crippen molar-refractivity contribution in [2.24, 2.45) is 0 Å². The highest BCUT2D eigenvalue weighted by atomic mass is 32.1. The minimum absolute atomic E-state index is 0.244. The first-order valence-corrected chi connectivity index (χ1v) is 5.53. The highest BCUT2D eigenvalue weighted by Gasteiger charge is 2.15. The van der Waals surface area contributed by atoms with Crippen molar-refractivity contribution in [3.8, 4) is 0 Å². The van der Waals surface area contributed by atoms with E-state index in [9.17, 15) is 4.79 Å². The van der Waals surface area contributed by atoms with Gasteiger partial charge in [0.2, 0.25) is 0 Å². The van der Waals surface area contributed by atoms with E-state index in [0.717, 1.165) is 15.6 Å². The third kappa shape index (κ3) is 1.63. The molecule has 0 amide bonds. The molecule has 15 heavy (non-hydrogen) atoms. The molecule has 0 atom stereocenters. The van der Waals surface area contributed by atoms with Crippen molar-refractivity contribution in [1.29, 1.82) is 0 Å². The van der Waals surface area contributed by atoms with Crippen LogP contribution in [0.4, 0.5) is 0 Å². The number of benzene rings is 1. The van der Waals surface area contributed by atoms with Crippen LogP contribution in [0.2, 0.25) is 0 Å². The zero-order valence-electron chi connectivity index (χ0n) is 8.96. The quantitative estimate of drug-likeness (QED) is 0.689.